The molecule has 0 aliphatic rings. The van der Waals surface area contributed by atoms with Gasteiger partial charge in [-0.25, -0.2) is 0 Å². The van der Waals surface area contributed by atoms with Crippen molar-refractivity contribution in [2.45, 2.75) is 6.54 Å². The van der Waals surface area contributed by atoms with Crippen molar-refractivity contribution in [2.75, 3.05) is 0 Å². The van der Waals surface area contributed by atoms with Crippen LogP contribution in [0.25, 0.3) is 10.8 Å². The molecule has 0 heterocycles. The van der Waals surface area contributed by atoms with Crippen LogP contribution in [0, 0.1) is 0 Å². The van der Waals surface area contributed by atoms with Gasteiger partial charge in [-0.05, 0) is 29.1 Å². The average Bonchev–Trinajstić information content (AvgIpc) is 2.18. The summed E-state index contributed by atoms with van der Waals surface area (Å²) in [6.45, 7) is 4.19. The minimum absolute atomic E-state index is 0.699. The molecule has 2 aromatic carbocycles. The summed E-state index contributed by atoms with van der Waals surface area (Å²) in [6.07, 6.45) is 0. The lowest BCUT2D eigenvalue weighted by Gasteiger charge is -1.99. The number of rotatable bonds is 2. The van der Waals surface area contributed by atoms with Gasteiger partial charge in [0.05, 0.1) is 6.54 Å². The van der Waals surface area contributed by atoms with E-state index in [1.807, 2.05) is 12.1 Å². The SMILES string of the molecule is C=NCc1ccc2ccccc2c1. The van der Waals surface area contributed by atoms with Crippen LogP contribution in [-0.2, 0) is 6.54 Å². The quantitative estimate of drug-likeness (QED) is 0.613. The van der Waals surface area contributed by atoms with Crippen molar-refractivity contribution >= 4 is 17.5 Å². The van der Waals surface area contributed by atoms with Crippen molar-refractivity contribution in [1.82, 2.24) is 0 Å². The maximum absolute atomic E-state index is 3.86. The van der Waals surface area contributed by atoms with Crippen LogP contribution in [0.1, 0.15) is 5.56 Å². The summed E-state index contributed by atoms with van der Waals surface area (Å²) in [6, 6.07) is 14.7. The molecule has 1 nitrogen and oxygen atoms in total. The Kier molecular flexibility index (Phi) is 2.09. The average molecular weight is 169 g/mol. The Labute approximate surface area is 77.7 Å². The molecule has 0 N–H and O–H groups in total. The Bertz CT molecular complexity index is 432. The van der Waals surface area contributed by atoms with Crippen LogP contribution in [-0.4, -0.2) is 6.72 Å². The Hall–Kier alpha value is -1.63. The first-order chi connectivity index (χ1) is 6.40. The van der Waals surface area contributed by atoms with Crippen LogP contribution in [0.3, 0.4) is 0 Å². The Balaban J connectivity index is 2.55. The summed E-state index contributed by atoms with van der Waals surface area (Å²) >= 11 is 0. The molecule has 0 atom stereocenters. The maximum Gasteiger partial charge on any atom is 0.0632 e. The molecule has 0 unspecified atom stereocenters. The van der Waals surface area contributed by atoms with Gasteiger partial charge >= 0.3 is 0 Å². The first kappa shape index (κ1) is 7.99. The van der Waals surface area contributed by atoms with E-state index in [1.165, 1.54) is 16.3 Å². The predicted octanol–water partition coefficient (Wildman–Crippen LogP) is 3.04. The molecule has 0 saturated carbocycles. The van der Waals surface area contributed by atoms with Crippen molar-refractivity contribution < 1.29 is 0 Å². The fraction of sp³-hybridized carbons (Fsp3) is 0.0833. The van der Waals surface area contributed by atoms with Gasteiger partial charge in [0.25, 0.3) is 0 Å². The highest BCUT2D eigenvalue weighted by Gasteiger charge is 1.93. The van der Waals surface area contributed by atoms with Crippen molar-refractivity contribution in [3.8, 4) is 0 Å². The van der Waals surface area contributed by atoms with Gasteiger partial charge in [-0.2, -0.15) is 0 Å². The predicted molar refractivity (Wildman–Crippen MR) is 57.2 cm³/mol. The highest BCUT2D eigenvalue weighted by atomic mass is 14.7. The van der Waals surface area contributed by atoms with Gasteiger partial charge in [-0.3, -0.25) is 4.99 Å². The van der Waals surface area contributed by atoms with Gasteiger partial charge in [-0.1, -0.05) is 36.4 Å². The van der Waals surface area contributed by atoms with E-state index in [2.05, 4.69) is 42.0 Å². The van der Waals surface area contributed by atoms with E-state index in [4.69, 9.17) is 0 Å². The van der Waals surface area contributed by atoms with Crippen molar-refractivity contribution in [1.29, 1.82) is 0 Å². The van der Waals surface area contributed by atoms with E-state index < -0.39 is 0 Å². The summed E-state index contributed by atoms with van der Waals surface area (Å²) < 4.78 is 0. The number of aliphatic imine (C=N–C) groups is 1. The smallest absolute Gasteiger partial charge is 0.0632 e. The fourth-order valence-electron chi connectivity index (χ4n) is 1.47. The second-order valence-electron chi connectivity index (χ2n) is 3.06. The molecule has 0 aliphatic heterocycles. The number of fused-ring (bicyclic) bond motifs is 1. The molecule has 0 fully saturated rings. The zero-order valence-electron chi connectivity index (χ0n) is 7.40. The van der Waals surface area contributed by atoms with Crippen LogP contribution >= 0.6 is 0 Å². The molecule has 0 radical (unpaired) electrons. The molecule has 0 bridgehead atoms. The third-order valence-corrected chi connectivity index (χ3v) is 2.11. The summed E-state index contributed by atoms with van der Waals surface area (Å²) in [5.74, 6) is 0. The van der Waals surface area contributed by atoms with E-state index in [1.54, 1.807) is 0 Å². The zero-order chi connectivity index (χ0) is 9.10. The summed E-state index contributed by atoms with van der Waals surface area (Å²) in [7, 11) is 0. The molecule has 0 aliphatic carbocycles. The molecule has 0 aromatic heterocycles. The van der Waals surface area contributed by atoms with Gasteiger partial charge in [0, 0.05) is 0 Å². The molecule has 1 heteroatoms. The molecule has 13 heavy (non-hydrogen) atoms. The van der Waals surface area contributed by atoms with Gasteiger partial charge in [0.1, 0.15) is 0 Å². The summed E-state index contributed by atoms with van der Waals surface area (Å²) in [4.78, 5) is 3.86. The number of benzene rings is 2. The van der Waals surface area contributed by atoms with Crippen LogP contribution in [0.4, 0.5) is 0 Å². The highest BCUT2D eigenvalue weighted by Crippen LogP contribution is 2.15. The van der Waals surface area contributed by atoms with Crippen molar-refractivity contribution in [2.24, 2.45) is 4.99 Å². The van der Waals surface area contributed by atoms with Crippen molar-refractivity contribution in [3.63, 3.8) is 0 Å². The molecular weight excluding hydrogens is 158 g/mol. The Morgan fingerprint density at radius 2 is 1.77 bits per heavy atom. The molecule has 2 aromatic rings. The lowest BCUT2D eigenvalue weighted by atomic mass is 10.1. The van der Waals surface area contributed by atoms with Crippen molar-refractivity contribution in [3.05, 3.63) is 48.0 Å². The first-order valence-corrected chi connectivity index (χ1v) is 4.30. The molecular formula is C12H11N. The second kappa shape index (κ2) is 3.40. The number of nitrogens with zero attached hydrogens (tertiary/aromatic N) is 1. The third kappa shape index (κ3) is 1.59. The summed E-state index contributed by atoms with van der Waals surface area (Å²) in [5.41, 5.74) is 1.22. The largest absolute Gasteiger partial charge is 0.296 e. The summed E-state index contributed by atoms with van der Waals surface area (Å²) in [5, 5.41) is 2.54. The minimum Gasteiger partial charge on any atom is -0.296 e. The normalized spacial score (nSPS) is 10.2. The topological polar surface area (TPSA) is 12.4 Å². The fourth-order valence-corrected chi connectivity index (χ4v) is 1.47. The maximum atomic E-state index is 3.86. The van der Waals surface area contributed by atoms with Crippen LogP contribution in [0.5, 0.6) is 0 Å². The van der Waals surface area contributed by atoms with Crippen LogP contribution < -0.4 is 0 Å². The highest BCUT2D eigenvalue weighted by molar-refractivity contribution is 5.82. The molecule has 0 amide bonds. The third-order valence-electron chi connectivity index (χ3n) is 2.11. The van der Waals surface area contributed by atoms with Crippen LogP contribution in [0.15, 0.2) is 47.5 Å². The number of hydrogen-bond acceptors (Lipinski definition) is 1. The van der Waals surface area contributed by atoms with E-state index >= 15 is 0 Å². The van der Waals surface area contributed by atoms with E-state index in [9.17, 15) is 0 Å². The molecule has 0 saturated heterocycles. The van der Waals surface area contributed by atoms with Gasteiger partial charge in [-0.15, -0.1) is 0 Å². The lowest BCUT2D eigenvalue weighted by molar-refractivity contribution is 1.09. The molecule has 0 spiro atoms. The van der Waals surface area contributed by atoms with Crippen LogP contribution in [0.2, 0.25) is 0 Å². The Morgan fingerprint density at radius 3 is 2.54 bits per heavy atom. The lowest BCUT2D eigenvalue weighted by Crippen LogP contribution is -1.80. The number of hydrogen-bond donors (Lipinski definition) is 0. The molecule has 2 rings (SSSR count). The van der Waals surface area contributed by atoms with E-state index in [0.717, 1.165) is 0 Å². The molecule has 64 valence electrons. The standard InChI is InChI=1S/C12H11N/c1-13-9-10-6-7-11-4-2-3-5-12(11)8-10/h2-8H,1,9H2. The first-order valence-electron chi connectivity index (χ1n) is 4.30. The second-order valence-corrected chi connectivity index (χ2v) is 3.06. The van der Waals surface area contributed by atoms with Gasteiger partial charge in [0.15, 0.2) is 0 Å². The van der Waals surface area contributed by atoms with Gasteiger partial charge in [0.2, 0.25) is 0 Å². The van der Waals surface area contributed by atoms with Gasteiger partial charge < -0.3 is 0 Å². The van der Waals surface area contributed by atoms with E-state index in [0.29, 0.717) is 6.54 Å². The minimum atomic E-state index is 0.699. The Morgan fingerprint density at radius 1 is 1.00 bits per heavy atom. The monoisotopic (exact) mass is 169 g/mol. The zero-order valence-corrected chi connectivity index (χ0v) is 7.40. The van der Waals surface area contributed by atoms with E-state index in [-0.39, 0.29) is 0 Å².